The van der Waals surface area contributed by atoms with Gasteiger partial charge in [0, 0.05) is 18.8 Å². The molecule has 1 aromatic heterocycles. The van der Waals surface area contributed by atoms with E-state index in [-0.39, 0.29) is 5.82 Å². The summed E-state index contributed by atoms with van der Waals surface area (Å²) in [4.78, 5) is 6.39. The molecule has 1 N–H and O–H groups in total. The summed E-state index contributed by atoms with van der Waals surface area (Å²) in [7, 11) is 0. The largest absolute Gasteiger partial charge is 0.366 e. The quantitative estimate of drug-likeness (QED) is 0.912. The number of nitrogens with one attached hydrogen (secondary N) is 1. The zero-order valence-corrected chi connectivity index (χ0v) is 11.4. The Labute approximate surface area is 112 Å². The summed E-state index contributed by atoms with van der Waals surface area (Å²) in [6, 6.07) is 1.67. The number of aromatic nitrogens is 1. The Balaban J connectivity index is 1.86. The highest BCUT2D eigenvalue weighted by Gasteiger charge is 2.16. The van der Waals surface area contributed by atoms with Crippen LogP contribution in [0.1, 0.15) is 26.2 Å². The van der Waals surface area contributed by atoms with Gasteiger partial charge in [0.15, 0.2) is 11.6 Å². The predicted molar refractivity (Wildman–Crippen MR) is 72.6 cm³/mol. The third-order valence-electron chi connectivity index (χ3n) is 3.39. The van der Waals surface area contributed by atoms with Crippen molar-refractivity contribution in [2.45, 2.75) is 32.2 Å². The fourth-order valence-electron chi connectivity index (χ4n) is 2.28. The number of nitrogens with zero attached hydrogens (tertiary/aromatic N) is 2. The van der Waals surface area contributed by atoms with Crippen LogP contribution in [-0.2, 0) is 0 Å². The van der Waals surface area contributed by atoms with Gasteiger partial charge in [-0.2, -0.15) is 0 Å². The first-order chi connectivity index (χ1) is 8.66. The number of rotatable bonds is 4. The molecular weight excluding hydrogens is 253 g/mol. The normalized spacial score (nSPS) is 18.6. The van der Waals surface area contributed by atoms with Crippen LogP contribution in [0.15, 0.2) is 12.3 Å². The number of anilines is 1. The van der Waals surface area contributed by atoms with Gasteiger partial charge in [0.2, 0.25) is 0 Å². The highest BCUT2D eigenvalue weighted by Crippen LogP contribution is 2.16. The van der Waals surface area contributed by atoms with Gasteiger partial charge in [-0.1, -0.05) is 18.0 Å². The highest BCUT2D eigenvalue weighted by atomic mass is 35.5. The molecule has 0 radical (unpaired) electrons. The Morgan fingerprint density at radius 3 is 2.83 bits per heavy atom. The van der Waals surface area contributed by atoms with E-state index in [2.05, 4.69) is 22.1 Å². The molecule has 18 heavy (non-hydrogen) atoms. The van der Waals surface area contributed by atoms with Crippen LogP contribution in [0.2, 0.25) is 5.02 Å². The van der Waals surface area contributed by atoms with Crippen molar-refractivity contribution in [2.75, 3.05) is 25.0 Å². The topological polar surface area (TPSA) is 28.2 Å². The van der Waals surface area contributed by atoms with E-state index in [9.17, 15) is 4.39 Å². The van der Waals surface area contributed by atoms with Crippen LogP contribution in [0.3, 0.4) is 0 Å². The third-order valence-corrected chi connectivity index (χ3v) is 3.59. The molecule has 2 heterocycles. The molecule has 1 saturated heterocycles. The molecule has 1 aliphatic rings. The average Bonchev–Trinajstić information content (AvgIpc) is 2.38. The van der Waals surface area contributed by atoms with E-state index in [0.29, 0.717) is 17.6 Å². The van der Waals surface area contributed by atoms with Crippen LogP contribution in [0.4, 0.5) is 10.2 Å². The fraction of sp³-hybridized carbons (Fsp3) is 0.615. The van der Waals surface area contributed by atoms with Crippen molar-refractivity contribution in [3.63, 3.8) is 0 Å². The van der Waals surface area contributed by atoms with Crippen molar-refractivity contribution < 1.29 is 4.39 Å². The van der Waals surface area contributed by atoms with Crippen LogP contribution in [0.25, 0.3) is 0 Å². The number of pyridine rings is 1. The molecule has 1 aromatic rings. The first kappa shape index (κ1) is 13.6. The van der Waals surface area contributed by atoms with Crippen LogP contribution >= 0.6 is 11.6 Å². The summed E-state index contributed by atoms with van der Waals surface area (Å²) in [6.45, 7) is 5.14. The minimum Gasteiger partial charge on any atom is -0.366 e. The van der Waals surface area contributed by atoms with Crippen molar-refractivity contribution in [1.82, 2.24) is 9.88 Å². The fourth-order valence-corrected chi connectivity index (χ4v) is 2.42. The molecule has 0 amide bonds. The summed E-state index contributed by atoms with van der Waals surface area (Å²) in [5.41, 5.74) is 0. The SMILES string of the molecule is CC(CNc1ncc(Cl)cc1F)N1CCCCC1. The second kappa shape index (κ2) is 6.34. The monoisotopic (exact) mass is 271 g/mol. The number of halogens is 2. The lowest BCUT2D eigenvalue weighted by molar-refractivity contribution is 0.180. The zero-order chi connectivity index (χ0) is 13.0. The van der Waals surface area contributed by atoms with E-state index in [4.69, 9.17) is 11.6 Å². The van der Waals surface area contributed by atoms with Crippen LogP contribution in [-0.4, -0.2) is 35.6 Å². The van der Waals surface area contributed by atoms with Crippen molar-refractivity contribution in [2.24, 2.45) is 0 Å². The molecule has 1 aliphatic heterocycles. The summed E-state index contributed by atoms with van der Waals surface area (Å²) in [5, 5.41) is 3.37. The summed E-state index contributed by atoms with van der Waals surface area (Å²) in [5.74, 6) is -0.114. The second-order valence-corrected chi connectivity index (χ2v) is 5.25. The average molecular weight is 272 g/mol. The van der Waals surface area contributed by atoms with Gasteiger partial charge in [-0.05, 0) is 38.9 Å². The summed E-state index contributed by atoms with van der Waals surface area (Å²) < 4.78 is 13.5. The predicted octanol–water partition coefficient (Wildman–Crippen LogP) is 3.16. The summed E-state index contributed by atoms with van der Waals surface area (Å²) >= 11 is 5.66. The molecular formula is C13H19ClFN3. The first-order valence-electron chi connectivity index (χ1n) is 6.46. The number of piperidine rings is 1. The van der Waals surface area contributed by atoms with Crippen LogP contribution in [0, 0.1) is 5.82 Å². The van der Waals surface area contributed by atoms with Gasteiger partial charge in [-0.3, -0.25) is 4.90 Å². The van der Waals surface area contributed by atoms with Gasteiger partial charge in [0.25, 0.3) is 0 Å². The van der Waals surface area contributed by atoms with Gasteiger partial charge in [-0.25, -0.2) is 9.37 Å². The van der Waals surface area contributed by atoms with Gasteiger partial charge in [0.1, 0.15) is 0 Å². The zero-order valence-electron chi connectivity index (χ0n) is 10.6. The van der Waals surface area contributed by atoms with Gasteiger partial charge >= 0.3 is 0 Å². The Bertz CT molecular complexity index is 394. The Morgan fingerprint density at radius 1 is 1.44 bits per heavy atom. The molecule has 0 aromatic carbocycles. The first-order valence-corrected chi connectivity index (χ1v) is 6.83. The highest BCUT2D eigenvalue weighted by molar-refractivity contribution is 6.30. The lowest BCUT2D eigenvalue weighted by Gasteiger charge is -2.32. The molecule has 1 atom stereocenters. The molecule has 0 aliphatic carbocycles. The minimum absolute atomic E-state index is 0.281. The molecule has 2 rings (SSSR count). The van der Waals surface area contributed by atoms with Crippen LogP contribution < -0.4 is 5.32 Å². The van der Waals surface area contributed by atoms with E-state index in [0.717, 1.165) is 13.1 Å². The molecule has 5 heteroatoms. The van der Waals surface area contributed by atoms with E-state index < -0.39 is 5.82 Å². The van der Waals surface area contributed by atoms with Gasteiger partial charge in [-0.15, -0.1) is 0 Å². The lowest BCUT2D eigenvalue weighted by Crippen LogP contribution is -2.41. The molecule has 0 bridgehead atoms. The standard InChI is InChI=1S/C13H19ClFN3/c1-10(18-5-3-2-4-6-18)8-16-13-12(15)7-11(14)9-17-13/h7,9-10H,2-6,8H2,1H3,(H,16,17). The molecule has 0 spiro atoms. The molecule has 1 fully saturated rings. The van der Waals surface area contributed by atoms with Crippen molar-refractivity contribution in [3.8, 4) is 0 Å². The summed E-state index contributed by atoms with van der Waals surface area (Å²) in [6.07, 6.45) is 5.30. The molecule has 3 nitrogen and oxygen atoms in total. The van der Waals surface area contributed by atoms with Crippen molar-refractivity contribution in [3.05, 3.63) is 23.1 Å². The number of likely N-dealkylation sites (tertiary alicyclic amines) is 1. The maximum Gasteiger partial charge on any atom is 0.166 e. The number of hydrogen-bond acceptors (Lipinski definition) is 3. The van der Waals surface area contributed by atoms with Gasteiger partial charge < -0.3 is 5.32 Å². The van der Waals surface area contributed by atoms with E-state index in [1.54, 1.807) is 0 Å². The number of hydrogen-bond donors (Lipinski definition) is 1. The van der Waals surface area contributed by atoms with E-state index in [1.807, 2.05) is 0 Å². The second-order valence-electron chi connectivity index (χ2n) is 4.81. The molecule has 100 valence electrons. The maximum absolute atomic E-state index is 13.5. The van der Waals surface area contributed by atoms with E-state index in [1.165, 1.54) is 31.5 Å². The molecule has 1 unspecified atom stereocenters. The Kier molecular flexibility index (Phi) is 4.78. The van der Waals surface area contributed by atoms with Crippen LogP contribution in [0.5, 0.6) is 0 Å². The minimum atomic E-state index is -0.395. The third kappa shape index (κ3) is 3.56. The Morgan fingerprint density at radius 2 is 2.17 bits per heavy atom. The smallest absolute Gasteiger partial charge is 0.166 e. The lowest BCUT2D eigenvalue weighted by atomic mass is 10.1. The molecule has 0 saturated carbocycles. The van der Waals surface area contributed by atoms with Crippen molar-refractivity contribution in [1.29, 1.82) is 0 Å². The maximum atomic E-state index is 13.5. The van der Waals surface area contributed by atoms with Crippen molar-refractivity contribution >= 4 is 17.4 Å². The van der Waals surface area contributed by atoms with E-state index >= 15 is 0 Å². The van der Waals surface area contributed by atoms with Gasteiger partial charge in [0.05, 0.1) is 5.02 Å². The Hall–Kier alpha value is -0.870.